The predicted molar refractivity (Wildman–Crippen MR) is 66.0 cm³/mol. The molecular formula is C12H21N3O3. The molecule has 102 valence electrons. The molecule has 0 aromatic heterocycles. The van der Waals surface area contributed by atoms with Crippen molar-refractivity contribution in [1.82, 2.24) is 9.80 Å². The van der Waals surface area contributed by atoms with Crippen LogP contribution in [0.3, 0.4) is 0 Å². The van der Waals surface area contributed by atoms with E-state index in [2.05, 4.69) is 4.90 Å². The molecule has 0 bridgehead atoms. The van der Waals surface area contributed by atoms with Gasteiger partial charge in [-0.3, -0.25) is 14.5 Å². The lowest BCUT2D eigenvalue weighted by atomic mass is 10.1. The van der Waals surface area contributed by atoms with Crippen LogP contribution in [0, 0.1) is 5.41 Å². The van der Waals surface area contributed by atoms with Crippen LogP contribution in [0.5, 0.6) is 0 Å². The number of aliphatic carboxylic acids is 1. The number of hydrogen-bond acceptors (Lipinski definition) is 4. The average molecular weight is 255 g/mol. The number of hydrogen-bond donors (Lipinski definition) is 2. The van der Waals surface area contributed by atoms with E-state index in [1.165, 1.54) is 0 Å². The fourth-order valence-corrected chi connectivity index (χ4v) is 2.42. The molecule has 2 rings (SSSR count). The first kappa shape index (κ1) is 13.3. The van der Waals surface area contributed by atoms with E-state index < -0.39 is 5.97 Å². The Bertz CT molecular complexity index is 333. The third-order valence-corrected chi connectivity index (χ3v) is 4.00. The first-order valence-electron chi connectivity index (χ1n) is 6.51. The Morgan fingerprint density at radius 3 is 2.22 bits per heavy atom. The zero-order valence-corrected chi connectivity index (χ0v) is 10.6. The van der Waals surface area contributed by atoms with Gasteiger partial charge in [0.1, 0.15) is 0 Å². The minimum absolute atomic E-state index is 0.167. The number of carbonyl (C=O) groups is 2. The second kappa shape index (κ2) is 5.24. The first-order chi connectivity index (χ1) is 8.57. The molecule has 0 unspecified atom stereocenters. The molecule has 1 saturated heterocycles. The van der Waals surface area contributed by atoms with Gasteiger partial charge in [0.2, 0.25) is 5.91 Å². The number of nitrogens with two attached hydrogens (primary N) is 1. The molecule has 3 N–H and O–H groups in total. The van der Waals surface area contributed by atoms with Crippen LogP contribution in [-0.4, -0.2) is 66.1 Å². The van der Waals surface area contributed by atoms with Crippen molar-refractivity contribution in [3.8, 4) is 0 Å². The molecule has 1 amide bonds. The van der Waals surface area contributed by atoms with E-state index in [4.69, 9.17) is 10.8 Å². The van der Waals surface area contributed by atoms with Crippen LogP contribution >= 0.6 is 0 Å². The Labute approximate surface area is 107 Å². The van der Waals surface area contributed by atoms with Gasteiger partial charge in [0.25, 0.3) is 0 Å². The summed E-state index contributed by atoms with van der Waals surface area (Å²) in [6.07, 6.45) is 2.00. The van der Waals surface area contributed by atoms with Crippen LogP contribution in [-0.2, 0) is 9.59 Å². The summed E-state index contributed by atoms with van der Waals surface area (Å²) in [5.41, 5.74) is 5.40. The molecule has 1 heterocycles. The molecule has 0 aromatic rings. The summed E-state index contributed by atoms with van der Waals surface area (Å²) < 4.78 is 0. The molecule has 0 atom stereocenters. The molecule has 0 aromatic carbocycles. The Hall–Kier alpha value is -1.14. The molecule has 2 fully saturated rings. The molecule has 0 spiro atoms. The molecule has 0 radical (unpaired) electrons. The molecule has 2 aliphatic rings. The van der Waals surface area contributed by atoms with Crippen molar-refractivity contribution in [3.63, 3.8) is 0 Å². The fourth-order valence-electron chi connectivity index (χ4n) is 2.42. The Balaban J connectivity index is 1.76. The number of nitrogens with zero attached hydrogens (tertiary/aromatic N) is 2. The first-order valence-corrected chi connectivity index (χ1v) is 6.51. The van der Waals surface area contributed by atoms with Crippen LogP contribution in [0.4, 0.5) is 0 Å². The minimum atomic E-state index is -0.770. The van der Waals surface area contributed by atoms with Gasteiger partial charge < -0.3 is 15.7 Å². The highest BCUT2D eigenvalue weighted by Gasteiger charge is 2.50. The summed E-state index contributed by atoms with van der Waals surface area (Å²) >= 11 is 0. The van der Waals surface area contributed by atoms with Crippen molar-refractivity contribution in [2.24, 2.45) is 11.1 Å². The van der Waals surface area contributed by atoms with E-state index in [0.717, 1.165) is 25.9 Å². The van der Waals surface area contributed by atoms with Crippen LogP contribution < -0.4 is 5.73 Å². The largest absolute Gasteiger partial charge is 0.481 e. The van der Waals surface area contributed by atoms with Gasteiger partial charge in [-0.2, -0.15) is 0 Å². The molecule has 1 saturated carbocycles. The van der Waals surface area contributed by atoms with Gasteiger partial charge in [-0.25, -0.2) is 0 Å². The number of carboxylic acids is 1. The highest BCUT2D eigenvalue weighted by atomic mass is 16.4. The van der Waals surface area contributed by atoms with E-state index in [1.807, 2.05) is 4.90 Å². The molecule has 6 nitrogen and oxygen atoms in total. The summed E-state index contributed by atoms with van der Waals surface area (Å²) in [6.45, 7) is 3.93. The summed E-state index contributed by atoms with van der Waals surface area (Å²) in [5.74, 6) is -0.573. The van der Waals surface area contributed by atoms with Gasteiger partial charge in [-0.15, -0.1) is 0 Å². The normalized spacial score (nSPS) is 22.8. The van der Waals surface area contributed by atoms with Crippen LogP contribution in [0.25, 0.3) is 0 Å². The molecular weight excluding hydrogens is 234 g/mol. The fraction of sp³-hybridized carbons (Fsp3) is 0.833. The van der Waals surface area contributed by atoms with E-state index in [1.54, 1.807) is 0 Å². The van der Waals surface area contributed by atoms with E-state index in [9.17, 15) is 9.59 Å². The Morgan fingerprint density at radius 1 is 1.17 bits per heavy atom. The maximum Gasteiger partial charge on any atom is 0.304 e. The smallest absolute Gasteiger partial charge is 0.304 e. The standard InChI is InChI=1S/C12H21N3O3/c13-9-12(2-3-12)11(18)15-7-5-14(6-8-15)4-1-10(16)17/h1-9,13H2,(H,16,17). The average Bonchev–Trinajstić information content (AvgIpc) is 3.17. The summed E-state index contributed by atoms with van der Waals surface area (Å²) in [5, 5.41) is 8.63. The molecule has 6 heteroatoms. The number of carbonyl (C=O) groups excluding carboxylic acids is 1. The number of piperazine rings is 1. The highest BCUT2D eigenvalue weighted by molar-refractivity contribution is 5.85. The number of carboxylic acid groups (broad SMARTS) is 1. The van der Waals surface area contributed by atoms with Crippen molar-refractivity contribution >= 4 is 11.9 Å². The Morgan fingerprint density at radius 2 is 1.78 bits per heavy atom. The Kier molecular flexibility index (Phi) is 3.87. The minimum Gasteiger partial charge on any atom is -0.481 e. The summed E-state index contributed by atoms with van der Waals surface area (Å²) in [4.78, 5) is 26.7. The SMILES string of the molecule is NCC1(C(=O)N2CCN(CCC(=O)O)CC2)CC1. The lowest BCUT2D eigenvalue weighted by molar-refractivity contribution is -0.140. The van der Waals surface area contributed by atoms with Crippen LogP contribution in [0.2, 0.25) is 0 Å². The molecule has 1 aliphatic carbocycles. The second-order valence-electron chi connectivity index (χ2n) is 5.26. The van der Waals surface area contributed by atoms with Crippen molar-refractivity contribution in [2.75, 3.05) is 39.3 Å². The van der Waals surface area contributed by atoms with Crippen molar-refractivity contribution < 1.29 is 14.7 Å². The van der Waals surface area contributed by atoms with Gasteiger partial charge in [0, 0.05) is 39.3 Å². The zero-order chi connectivity index (χ0) is 13.2. The lowest BCUT2D eigenvalue weighted by Crippen LogP contribution is -2.52. The number of amides is 1. The predicted octanol–water partition coefficient (Wildman–Crippen LogP) is -0.656. The van der Waals surface area contributed by atoms with Crippen molar-refractivity contribution in [2.45, 2.75) is 19.3 Å². The topological polar surface area (TPSA) is 86.9 Å². The quantitative estimate of drug-likeness (QED) is 0.681. The van der Waals surface area contributed by atoms with E-state index in [0.29, 0.717) is 26.2 Å². The zero-order valence-electron chi connectivity index (χ0n) is 10.6. The van der Waals surface area contributed by atoms with Crippen LogP contribution in [0.1, 0.15) is 19.3 Å². The third kappa shape index (κ3) is 2.81. The molecule has 18 heavy (non-hydrogen) atoms. The van der Waals surface area contributed by atoms with Gasteiger partial charge in [0.15, 0.2) is 0 Å². The monoisotopic (exact) mass is 255 g/mol. The molecule has 1 aliphatic heterocycles. The van der Waals surface area contributed by atoms with Crippen molar-refractivity contribution in [3.05, 3.63) is 0 Å². The van der Waals surface area contributed by atoms with E-state index >= 15 is 0 Å². The van der Waals surface area contributed by atoms with Gasteiger partial charge >= 0.3 is 5.97 Å². The number of rotatable bonds is 5. The maximum atomic E-state index is 12.2. The van der Waals surface area contributed by atoms with Crippen molar-refractivity contribution in [1.29, 1.82) is 0 Å². The van der Waals surface area contributed by atoms with Gasteiger partial charge in [-0.05, 0) is 12.8 Å². The highest BCUT2D eigenvalue weighted by Crippen LogP contribution is 2.46. The van der Waals surface area contributed by atoms with Gasteiger partial charge in [-0.1, -0.05) is 0 Å². The summed E-state index contributed by atoms with van der Waals surface area (Å²) in [7, 11) is 0. The third-order valence-electron chi connectivity index (χ3n) is 4.00. The van der Waals surface area contributed by atoms with E-state index in [-0.39, 0.29) is 17.7 Å². The maximum absolute atomic E-state index is 12.2. The van der Waals surface area contributed by atoms with Gasteiger partial charge in [0.05, 0.1) is 11.8 Å². The van der Waals surface area contributed by atoms with Crippen LogP contribution in [0.15, 0.2) is 0 Å². The second-order valence-corrected chi connectivity index (χ2v) is 5.26. The lowest BCUT2D eigenvalue weighted by Gasteiger charge is -2.36. The summed E-state index contributed by atoms with van der Waals surface area (Å²) in [6, 6.07) is 0.